The molecule has 132 valence electrons. The van der Waals surface area contributed by atoms with Crippen LogP contribution in [0, 0.1) is 6.92 Å². The predicted molar refractivity (Wildman–Crippen MR) is 98.9 cm³/mol. The predicted octanol–water partition coefficient (Wildman–Crippen LogP) is 3.11. The topological polar surface area (TPSA) is 54.5 Å². The minimum absolute atomic E-state index is 0.00650. The van der Waals surface area contributed by atoms with Gasteiger partial charge in [-0.2, -0.15) is 0 Å². The van der Waals surface area contributed by atoms with Gasteiger partial charge in [-0.15, -0.1) is 0 Å². The Labute approximate surface area is 149 Å². The number of benzene rings is 1. The van der Waals surface area contributed by atoms with E-state index < -0.39 is 0 Å². The fraction of sp³-hybridized carbons (Fsp3) is 0.400. The lowest BCUT2D eigenvalue weighted by molar-refractivity contribution is 0.0935. The van der Waals surface area contributed by atoms with Crippen molar-refractivity contribution < 1.29 is 9.53 Å². The van der Waals surface area contributed by atoms with Crippen molar-refractivity contribution in [3.63, 3.8) is 0 Å². The van der Waals surface area contributed by atoms with E-state index in [0.29, 0.717) is 5.56 Å². The summed E-state index contributed by atoms with van der Waals surface area (Å²) in [5.74, 6) is 0.805. The van der Waals surface area contributed by atoms with Gasteiger partial charge in [0.15, 0.2) is 0 Å². The van der Waals surface area contributed by atoms with Gasteiger partial charge >= 0.3 is 0 Å². The summed E-state index contributed by atoms with van der Waals surface area (Å²) in [6, 6.07) is 12.0. The second-order valence-electron chi connectivity index (χ2n) is 6.35. The van der Waals surface area contributed by atoms with Crippen LogP contribution in [0.25, 0.3) is 0 Å². The van der Waals surface area contributed by atoms with Crippen LogP contribution in [0.2, 0.25) is 0 Å². The monoisotopic (exact) mass is 339 g/mol. The lowest BCUT2D eigenvalue weighted by Gasteiger charge is -2.27. The summed E-state index contributed by atoms with van der Waals surface area (Å²) in [6.45, 7) is 7.25. The molecule has 0 unspecified atom stereocenters. The SMILES string of the molecule is CC[C@H](NC(=O)c1ccc(N2CCOCC2)nc1)c1ccc(C)cc1. The molecule has 2 aromatic rings. The molecule has 2 heterocycles. The molecule has 0 saturated carbocycles. The molecule has 1 aliphatic rings. The van der Waals surface area contributed by atoms with Gasteiger partial charge in [-0.25, -0.2) is 4.98 Å². The molecule has 1 fully saturated rings. The van der Waals surface area contributed by atoms with E-state index >= 15 is 0 Å². The maximum Gasteiger partial charge on any atom is 0.253 e. The molecule has 1 aromatic heterocycles. The van der Waals surface area contributed by atoms with Gasteiger partial charge in [0.05, 0.1) is 24.8 Å². The first kappa shape index (κ1) is 17.4. The minimum Gasteiger partial charge on any atom is -0.378 e. The second-order valence-corrected chi connectivity index (χ2v) is 6.35. The van der Waals surface area contributed by atoms with Gasteiger partial charge in [-0.1, -0.05) is 36.8 Å². The molecule has 1 amide bonds. The van der Waals surface area contributed by atoms with Crippen LogP contribution in [0.15, 0.2) is 42.6 Å². The fourth-order valence-corrected chi connectivity index (χ4v) is 2.96. The van der Waals surface area contributed by atoms with Crippen molar-refractivity contribution >= 4 is 11.7 Å². The molecule has 0 radical (unpaired) electrons. The van der Waals surface area contributed by atoms with Crippen LogP contribution in [0.1, 0.15) is 40.9 Å². The zero-order chi connectivity index (χ0) is 17.6. The fourth-order valence-electron chi connectivity index (χ4n) is 2.96. The van der Waals surface area contributed by atoms with Crippen molar-refractivity contribution in [3.8, 4) is 0 Å². The van der Waals surface area contributed by atoms with Gasteiger partial charge < -0.3 is 15.0 Å². The number of ether oxygens (including phenoxy) is 1. The summed E-state index contributed by atoms with van der Waals surface area (Å²) in [7, 11) is 0. The van der Waals surface area contributed by atoms with Gasteiger partial charge in [-0.3, -0.25) is 4.79 Å². The van der Waals surface area contributed by atoms with Crippen molar-refractivity contribution in [2.24, 2.45) is 0 Å². The number of aromatic nitrogens is 1. The number of anilines is 1. The Hall–Kier alpha value is -2.40. The summed E-state index contributed by atoms with van der Waals surface area (Å²) in [5.41, 5.74) is 2.93. The van der Waals surface area contributed by atoms with Crippen molar-refractivity contribution in [3.05, 3.63) is 59.3 Å². The average molecular weight is 339 g/mol. The van der Waals surface area contributed by atoms with Crippen LogP contribution in [0.4, 0.5) is 5.82 Å². The molecule has 1 atom stereocenters. The van der Waals surface area contributed by atoms with Gasteiger partial charge in [0.2, 0.25) is 0 Å². The number of hydrogen-bond donors (Lipinski definition) is 1. The third kappa shape index (κ3) is 4.37. The molecule has 1 N–H and O–H groups in total. The number of nitrogens with one attached hydrogen (secondary N) is 1. The first-order chi connectivity index (χ1) is 12.2. The van der Waals surface area contributed by atoms with Crippen LogP contribution in [0.3, 0.4) is 0 Å². The number of morpholine rings is 1. The lowest BCUT2D eigenvalue weighted by atomic mass is 10.0. The largest absolute Gasteiger partial charge is 0.378 e. The zero-order valence-corrected chi connectivity index (χ0v) is 14.9. The summed E-state index contributed by atoms with van der Waals surface area (Å²) in [6.07, 6.45) is 2.50. The van der Waals surface area contributed by atoms with Gasteiger partial charge in [0.25, 0.3) is 5.91 Å². The highest BCUT2D eigenvalue weighted by Gasteiger charge is 2.16. The summed E-state index contributed by atoms with van der Waals surface area (Å²) in [5, 5.41) is 3.11. The van der Waals surface area contributed by atoms with E-state index in [1.54, 1.807) is 6.20 Å². The smallest absolute Gasteiger partial charge is 0.253 e. The third-order valence-electron chi connectivity index (χ3n) is 4.54. The van der Waals surface area contributed by atoms with Crippen LogP contribution in [-0.4, -0.2) is 37.2 Å². The molecule has 25 heavy (non-hydrogen) atoms. The number of pyridine rings is 1. The van der Waals surface area contributed by atoms with Crippen LogP contribution >= 0.6 is 0 Å². The van der Waals surface area contributed by atoms with E-state index in [9.17, 15) is 4.79 Å². The summed E-state index contributed by atoms with van der Waals surface area (Å²) >= 11 is 0. The number of carbonyl (C=O) groups excluding carboxylic acids is 1. The van der Waals surface area contributed by atoms with E-state index in [1.807, 2.05) is 12.1 Å². The van der Waals surface area contributed by atoms with Crippen LogP contribution in [-0.2, 0) is 4.74 Å². The number of rotatable bonds is 5. The Balaban J connectivity index is 1.66. The summed E-state index contributed by atoms with van der Waals surface area (Å²) in [4.78, 5) is 19.2. The van der Waals surface area contributed by atoms with Crippen molar-refractivity contribution in [1.29, 1.82) is 0 Å². The molecule has 0 spiro atoms. The highest BCUT2D eigenvalue weighted by molar-refractivity contribution is 5.94. The van der Waals surface area contributed by atoms with E-state index in [-0.39, 0.29) is 11.9 Å². The van der Waals surface area contributed by atoms with E-state index in [1.165, 1.54) is 5.56 Å². The standard InChI is InChI=1S/C20H25N3O2/c1-3-18(16-6-4-15(2)5-7-16)22-20(24)17-8-9-19(21-14-17)23-10-12-25-13-11-23/h4-9,14,18H,3,10-13H2,1-2H3,(H,22,24)/t18-/m0/s1. The molecule has 1 aromatic carbocycles. The maximum atomic E-state index is 12.6. The van der Waals surface area contributed by atoms with Gasteiger partial charge in [0.1, 0.15) is 5.82 Å². The minimum atomic E-state index is -0.0894. The van der Waals surface area contributed by atoms with Gasteiger partial charge in [-0.05, 0) is 31.0 Å². The first-order valence-corrected chi connectivity index (χ1v) is 8.83. The van der Waals surface area contributed by atoms with Crippen LogP contribution in [0.5, 0.6) is 0 Å². The average Bonchev–Trinajstić information content (AvgIpc) is 2.67. The number of carbonyl (C=O) groups is 1. The van der Waals surface area contributed by atoms with Crippen LogP contribution < -0.4 is 10.2 Å². The number of nitrogens with zero attached hydrogens (tertiary/aromatic N) is 2. The molecule has 5 nitrogen and oxygen atoms in total. The molecule has 0 aliphatic carbocycles. The highest BCUT2D eigenvalue weighted by atomic mass is 16.5. The molecule has 0 bridgehead atoms. The lowest BCUT2D eigenvalue weighted by Crippen LogP contribution is -2.36. The van der Waals surface area contributed by atoms with Gasteiger partial charge in [0, 0.05) is 19.3 Å². The second kappa shape index (κ2) is 8.12. The van der Waals surface area contributed by atoms with E-state index in [4.69, 9.17) is 4.74 Å². The van der Waals surface area contributed by atoms with Crippen molar-refractivity contribution in [2.75, 3.05) is 31.2 Å². The number of hydrogen-bond acceptors (Lipinski definition) is 4. The molecular formula is C20H25N3O2. The Bertz CT molecular complexity index is 692. The van der Waals surface area contributed by atoms with Crippen molar-refractivity contribution in [2.45, 2.75) is 26.3 Å². The molecule has 5 heteroatoms. The normalized spacial score (nSPS) is 15.7. The third-order valence-corrected chi connectivity index (χ3v) is 4.54. The van der Waals surface area contributed by atoms with E-state index in [0.717, 1.165) is 44.1 Å². The first-order valence-electron chi connectivity index (χ1n) is 8.83. The maximum absolute atomic E-state index is 12.6. The zero-order valence-electron chi connectivity index (χ0n) is 14.9. The Morgan fingerprint density at radius 1 is 1.20 bits per heavy atom. The van der Waals surface area contributed by atoms with Crippen molar-refractivity contribution in [1.82, 2.24) is 10.3 Å². The van der Waals surface area contributed by atoms with E-state index in [2.05, 4.69) is 53.3 Å². The molecule has 1 aliphatic heterocycles. The Kier molecular flexibility index (Phi) is 5.66. The summed E-state index contributed by atoms with van der Waals surface area (Å²) < 4.78 is 5.36. The Morgan fingerprint density at radius 3 is 2.52 bits per heavy atom. The Morgan fingerprint density at radius 2 is 1.92 bits per heavy atom. The molecule has 3 rings (SSSR count). The number of aryl methyl sites for hydroxylation is 1. The quantitative estimate of drug-likeness (QED) is 0.909. The molecule has 1 saturated heterocycles. The number of amides is 1. The molecular weight excluding hydrogens is 314 g/mol. The highest BCUT2D eigenvalue weighted by Crippen LogP contribution is 2.18.